The Labute approximate surface area is 145 Å². The van der Waals surface area contributed by atoms with E-state index in [0.717, 1.165) is 18.4 Å². The van der Waals surface area contributed by atoms with Crippen molar-refractivity contribution >= 4 is 17.5 Å². The molecule has 3 aliphatic carbocycles. The molecule has 1 unspecified atom stereocenters. The van der Waals surface area contributed by atoms with Crippen LogP contribution in [0.3, 0.4) is 0 Å². The molecular weight excluding hydrogens is 318 g/mol. The van der Waals surface area contributed by atoms with Gasteiger partial charge >= 0.3 is 0 Å². The molecule has 5 rings (SSSR count). The van der Waals surface area contributed by atoms with Crippen molar-refractivity contribution in [1.82, 2.24) is 4.98 Å². The number of hydrogen-bond donors (Lipinski definition) is 2. The van der Waals surface area contributed by atoms with Crippen LogP contribution in [0.5, 0.6) is 11.6 Å². The summed E-state index contributed by atoms with van der Waals surface area (Å²) in [5.74, 6) is 0.719. The number of aryl methyl sites for hydroxylation is 1. The van der Waals surface area contributed by atoms with E-state index in [1.807, 2.05) is 25.1 Å². The molecule has 1 heterocycles. The maximum Gasteiger partial charge on any atom is 0.228 e. The Balaban J connectivity index is 1.45. The molecule has 2 aromatic rings. The Morgan fingerprint density at radius 2 is 2.08 bits per heavy atom. The van der Waals surface area contributed by atoms with E-state index in [0.29, 0.717) is 23.2 Å². The number of rotatable bonds is 5. The maximum absolute atomic E-state index is 12.5. The molecule has 3 saturated carbocycles. The number of hydrogen-bond acceptors (Lipinski definition) is 4. The summed E-state index contributed by atoms with van der Waals surface area (Å²) in [7, 11) is 0. The maximum atomic E-state index is 12.5. The lowest BCUT2D eigenvalue weighted by molar-refractivity contribution is -0.197. The third kappa shape index (κ3) is 2.45. The van der Waals surface area contributed by atoms with Gasteiger partial charge in [0, 0.05) is 18.0 Å². The van der Waals surface area contributed by atoms with E-state index in [1.54, 1.807) is 24.4 Å². The first-order valence-corrected chi connectivity index (χ1v) is 8.30. The van der Waals surface area contributed by atoms with Crippen LogP contribution in [0.4, 0.5) is 5.69 Å². The van der Waals surface area contributed by atoms with Gasteiger partial charge in [0.05, 0.1) is 11.3 Å². The molecule has 1 atom stereocenters. The van der Waals surface area contributed by atoms with Gasteiger partial charge < -0.3 is 15.8 Å². The standard InChI is InChI=1S/C19H19N3O3/c1-11-8-13(5-6-14(11)25-15-4-2-3-7-21-15)22-17(23)16-12-9-19(16,10-12)18(20)24/h2-8,12,16H,9-10H2,1H3,(H2,20,24)(H,22,23). The molecule has 6 nitrogen and oxygen atoms in total. The van der Waals surface area contributed by atoms with Crippen LogP contribution in [0.25, 0.3) is 0 Å². The van der Waals surface area contributed by atoms with Gasteiger partial charge in [0.25, 0.3) is 0 Å². The number of nitrogens with zero attached hydrogens (tertiary/aromatic N) is 1. The first-order valence-electron chi connectivity index (χ1n) is 8.30. The quantitative estimate of drug-likeness (QED) is 0.877. The third-order valence-corrected chi connectivity index (χ3v) is 5.39. The number of carbonyl (C=O) groups is 2. The minimum atomic E-state index is -0.605. The summed E-state index contributed by atoms with van der Waals surface area (Å²) < 4.78 is 5.74. The molecular formula is C19H19N3O3. The number of anilines is 1. The van der Waals surface area contributed by atoms with E-state index in [4.69, 9.17) is 10.5 Å². The number of carbonyl (C=O) groups excluding carboxylic acids is 2. The van der Waals surface area contributed by atoms with Gasteiger partial charge in [-0.15, -0.1) is 0 Å². The molecule has 3 N–H and O–H groups in total. The summed E-state index contributed by atoms with van der Waals surface area (Å²) in [5, 5.41) is 2.90. The summed E-state index contributed by atoms with van der Waals surface area (Å²) in [6, 6.07) is 10.9. The zero-order valence-electron chi connectivity index (χ0n) is 13.9. The molecule has 0 saturated heterocycles. The minimum Gasteiger partial charge on any atom is -0.439 e. The topological polar surface area (TPSA) is 94.3 Å². The SMILES string of the molecule is Cc1cc(NC(=O)C2C3CC2(C(N)=O)C3)ccc1Oc1ccccn1. The summed E-state index contributed by atoms with van der Waals surface area (Å²) in [4.78, 5) is 28.2. The van der Waals surface area contributed by atoms with Gasteiger partial charge in [-0.2, -0.15) is 0 Å². The number of pyridine rings is 1. The molecule has 1 aromatic carbocycles. The molecule has 0 radical (unpaired) electrons. The fourth-order valence-electron chi connectivity index (χ4n) is 3.90. The van der Waals surface area contributed by atoms with Gasteiger partial charge in [0.1, 0.15) is 5.75 Å². The number of ether oxygens (including phenoxy) is 1. The highest BCUT2D eigenvalue weighted by Gasteiger charge is 2.71. The van der Waals surface area contributed by atoms with Crippen LogP contribution < -0.4 is 15.8 Å². The average molecular weight is 337 g/mol. The number of benzene rings is 1. The van der Waals surface area contributed by atoms with E-state index >= 15 is 0 Å². The summed E-state index contributed by atoms with van der Waals surface area (Å²) in [6.07, 6.45) is 3.16. The highest BCUT2D eigenvalue weighted by atomic mass is 16.5. The smallest absolute Gasteiger partial charge is 0.228 e. The lowest BCUT2D eigenvalue weighted by atomic mass is 9.37. The first-order chi connectivity index (χ1) is 12.0. The third-order valence-electron chi connectivity index (χ3n) is 5.39. The second-order valence-electron chi connectivity index (χ2n) is 6.91. The zero-order chi connectivity index (χ0) is 17.6. The number of nitrogens with two attached hydrogens (primary N) is 1. The number of primary amides is 1. The number of aromatic nitrogens is 1. The molecule has 0 aliphatic heterocycles. The van der Waals surface area contributed by atoms with Gasteiger partial charge in [-0.05, 0) is 55.5 Å². The predicted molar refractivity (Wildman–Crippen MR) is 92.0 cm³/mol. The van der Waals surface area contributed by atoms with E-state index in [9.17, 15) is 9.59 Å². The molecule has 2 amide bonds. The first kappa shape index (κ1) is 15.6. The van der Waals surface area contributed by atoms with Crippen LogP contribution in [0.15, 0.2) is 42.6 Å². The Kier molecular flexibility index (Phi) is 3.49. The second-order valence-corrected chi connectivity index (χ2v) is 6.91. The highest BCUT2D eigenvalue weighted by Crippen LogP contribution is 2.68. The van der Waals surface area contributed by atoms with Crippen molar-refractivity contribution in [2.24, 2.45) is 23.0 Å². The fraction of sp³-hybridized carbons (Fsp3) is 0.316. The van der Waals surface area contributed by atoms with E-state index in [2.05, 4.69) is 10.3 Å². The minimum absolute atomic E-state index is 0.126. The molecule has 6 heteroatoms. The molecule has 3 fully saturated rings. The Morgan fingerprint density at radius 1 is 1.28 bits per heavy atom. The lowest BCUT2D eigenvalue weighted by Crippen LogP contribution is -2.70. The normalized spacial score (nSPS) is 26.1. The van der Waals surface area contributed by atoms with Crippen LogP contribution in [-0.4, -0.2) is 16.8 Å². The molecule has 128 valence electrons. The second kappa shape index (κ2) is 5.58. The van der Waals surface area contributed by atoms with E-state index in [1.165, 1.54) is 0 Å². The van der Waals surface area contributed by atoms with Crippen molar-refractivity contribution in [1.29, 1.82) is 0 Å². The van der Waals surface area contributed by atoms with E-state index in [-0.39, 0.29) is 17.7 Å². The van der Waals surface area contributed by atoms with Gasteiger partial charge in [-0.1, -0.05) is 6.07 Å². The van der Waals surface area contributed by atoms with Crippen molar-refractivity contribution < 1.29 is 14.3 Å². The van der Waals surface area contributed by atoms with Crippen LogP contribution in [0.1, 0.15) is 18.4 Å². The van der Waals surface area contributed by atoms with E-state index < -0.39 is 5.41 Å². The summed E-state index contributed by atoms with van der Waals surface area (Å²) in [5.41, 5.74) is 6.43. The monoisotopic (exact) mass is 337 g/mol. The largest absolute Gasteiger partial charge is 0.439 e. The molecule has 0 spiro atoms. The zero-order valence-corrected chi connectivity index (χ0v) is 13.9. The van der Waals surface area contributed by atoms with Gasteiger partial charge in [-0.3, -0.25) is 9.59 Å². The lowest BCUT2D eigenvalue weighted by Gasteiger charge is -2.65. The summed E-state index contributed by atoms with van der Waals surface area (Å²) in [6.45, 7) is 1.90. The van der Waals surface area contributed by atoms with Crippen LogP contribution in [0.2, 0.25) is 0 Å². The van der Waals surface area contributed by atoms with Crippen LogP contribution in [-0.2, 0) is 9.59 Å². The fourth-order valence-corrected chi connectivity index (χ4v) is 3.90. The Hall–Kier alpha value is -2.89. The van der Waals surface area contributed by atoms with Crippen LogP contribution >= 0.6 is 0 Å². The average Bonchev–Trinajstić information content (AvgIpc) is 2.48. The molecule has 1 aromatic heterocycles. The van der Waals surface area contributed by atoms with Crippen molar-refractivity contribution in [3.63, 3.8) is 0 Å². The van der Waals surface area contributed by atoms with Crippen molar-refractivity contribution in [3.05, 3.63) is 48.2 Å². The molecule has 2 bridgehead atoms. The summed E-state index contributed by atoms with van der Waals surface area (Å²) >= 11 is 0. The number of nitrogens with one attached hydrogen (secondary N) is 1. The van der Waals surface area contributed by atoms with Gasteiger partial charge in [0.15, 0.2) is 0 Å². The molecule has 3 aliphatic rings. The molecule has 25 heavy (non-hydrogen) atoms. The predicted octanol–water partition coefficient (Wildman–Crippen LogP) is 2.63. The van der Waals surface area contributed by atoms with Crippen molar-refractivity contribution in [3.8, 4) is 11.6 Å². The highest BCUT2D eigenvalue weighted by molar-refractivity contribution is 6.00. The van der Waals surface area contributed by atoms with Crippen molar-refractivity contribution in [2.75, 3.05) is 5.32 Å². The number of amides is 2. The van der Waals surface area contributed by atoms with Crippen LogP contribution in [0, 0.1) is 24.2 Å². The Bertz CT molecular complexity index is 844. The van der Waals surface area contributed by atoms with Gasteiger partial charge in [0.2, 0.25) is 17.7 Å². The Morgan fingerprint density at radius 3 is 2.64 bits per heavy atom. The van der Waals surface area contributed by atoms with Crippen molar-refractivity contribution in [2.45, 2.75) is 19.8 Å². The van der Waals surface area contributed by atoms with Gasteiger partial charge in [-0.25, -0.2) is 4.98 Å².